The SMILES string of the molecule is C.C.C.O=C([O-])c1ccccn1.O=C([O-])c1ccccn1.[Sb]. The van der Waals surface area contributed by atoms with E-state index in [4.69, 9.17) is 0 Å². The number of carboxylic acid groups (broad SMARTS) is 2. The Morgan fingerprint density at radius 2 is 1.05 bits per heavy atom. The van der Waals surface area contributed by atoms with Gasteiger partial charge >= 0.3 is 0 Å². The second-order valence-corrected chi connectivity index (χ2v) is 3.00. The van der Waals surface area contributed by atoms with Crippen LogP contribution >= 0.6 is 0 Å². The maximum atomic E-state index is 10.0. The first-order valence-corrected chi connectivity index (χ1v) is 4.86. The molecule has 0 spiro atoms. The zero-order valence-electron chi connectivity index (χ0n) is 9.59. The van der Waals surface area contributed by atoms with Crippen molar-refractivity contribution in [1.82, 2.24) is 9.97 Å². The van der Waals surface area contributed by atoms with Crippen LogP contribution in [0.4, 0.5) is 0 Å². The Balaban J connectivity index is -0.000000125. The van der Waals surface area contributed by atoms with E-state index in [1.165, 1.54) is 24.5 Å². The number of carbonyl (C=O) groups excluding carboxylic acids is 2. The number of carboxylic acids is 2. The number of nitrogens with zero attached hydrogens (tertiary/aromatic N) is 2. The van der Waals surface area contributed by atoms with Crippen LogP contribution in [0.2, 0.25) is 0 Å². The largest absolute Gasteiger partial charge is 0.543 e. The van der Waals surface area contributed by atoms with Crippen molar-refractivity contribution in [1.29, 1.82) is 0 Å². The Bertz CT molecular complexity index is 472. The minimum Gasteiger partial charge on any atom is -0.543 e. The van der Waals surface area contributed by atoms with Crippen LogP contribution in [-0.4, -0.2) is 46.3 Å². The summed E-state index contributed by atoms with van der Waals surface area (Å²) in [5, 5.41) is 20.1. The molecular weight excluding hydrogens is 394 g/mol. The molecule has 0 aliphatic heterocycles. The van der Waals surface area contributed by atoms with Crippen LogP contribution in [0.3, 0.4) is 0 Å². The molecule has 0 aromatic carbocycles. The van der Waals surface area contributed by atoms with Crippen molar-refractivity contribution in [3.63, 3.8) is 0 Å². The van der Waals surface area contributed by atoms with Gasteiger partial charge in [-0.25, -0.2) is 0 Å². The molecule has 7 heteroatoms. The molecule has 0 amide bonds. The summed E-state index contributed by atoms with van der Waals surface area (Å²) in [6, 6.07) is 9.25. The van der Waals surface area contributed by atoms with Crippen molar-refractivity contribution in [3.05, 3.63) is 60.2 Å². The van der Waals surface area contributed by atoms with E-state index in [2.05, 4.69) is 9.97 Å². The topological polar surface area (TPSA) is 106 Å². The van der Waals surface area contributed by atoms with Crippen LogP contribution in [0.15, 0.2) is 48.8 Å². The fourth-order valence-electron chi connectivity index (χ4n) is 0.967. The Morgan fingerprint density at radius 1 is 0.727 bits per heavy atom. The van der Waals surface area contributed by atoms with Gasteiger partial charge in [0.25, 0.3) is 0 Å². The quantitative estimate of drug-likeness (QED) is 0.660. The molecule has 0 N–H and O–H groups in total. The number of carbonyl (C=O) groups is 2. The molecule has 0 fully saturated rings. The van der Waals surface area contributed by atoms with Crippen molar-refractivity contribution >= 4 is 36.4 Å². The zero-order valence-corrected chi connectivity index (χ0v) is 12.1. The van der Waals surface area contributed by atoms with E-state index in [1.807, 2.05) is 0 Å². The van der Waals surface area contributed by atoms with Gasteiger partial charge in [0.15, 0.2) is 0 Å². The Kier molecular flexibility index (Phi) is 19.8. The summed E-state index contributed by atoms with van der Waals surface area (Å²) in [7, 11) is 0. The van der Waals surface area contributed by atoms with E-state index in [1.54, 1.807) is 24.3 Å². The summed E-state index contributed by atoms with van der Waals surface area (Å²) >= 11 is 0. The predicted octanol–water partition coefficient (Wildman–Crippen LogP) is 0.418. The fourth-order valence-corrected chi connectivity index (χ4v) is 0.967. The second-order valence-electron chi connectivity index (χ2n) is 3.00. The van der Waals surface area contributed by atoms with Gasteiger partial charge in [-0.15, -0.1) is 0 Å². The Hall–Kier alpha value is -1.94. The summed E-state index contributed by atoms with van der Waals surface area (Å²) < 4.78 is 0. The van der Waals surface area contributed by atoms with Gasteiger partial charge in [-0.05, 0) is 24.3 Å². The fraction of sp³-hybridized carbons (Fsp3) is 0.200. The van der Waals surface area contributed by atoms with E-state index < -0.39 is 11.9 Å². The molecule has 0 aliphatic rings. The molecule has 0 atom stereocenters. The minimum absolute atomic E-state index is 0. The molecule has 22 heavy (non-hydrogen) atoms. The summed E-state index contributed by atoms with van der Waals surface area (Å²) in [5.41, 5.74) is -0.0602. The molecular formula is C15H20N2O4Sb-2. The summed E-state index contributed by atoms with van der Waals surface area (Å²) in [5.74, 6) is -2.48. The average Bonchev–Trinajstić information content (AvgIpc) is 2.41. The molecule has 2 aromatic rings. The Morgan fingerprint density at radius 3 is 1.18 bits per heavy atom. The monoisotopic (exact) mass is 413 g/mol. The van der Waals surface area contributed by atoms with Gasteiger partial charge in [0.1, 0.15) is 0 Å². The third-order valence-electron chi connectivity index (χ3n) is 1.75. The Labute approximate surface area is 148 Å². The van der Waals surface area contributed by atoms with Gasteiger partial charge < -0.3 is 19.8 Å². The molecule has 3 radical (unpaired) electrons. The number of aromatic nitrogens is 2. The van der Waals surface area contributed by atoms with Crippen molar-refractivity contribution in [2.24, 2.45) is 0 Å². The molecule has 0 aliphatic carbocycles. The van der Waals surface area contributed by atoms with Crippen LogP contribution in [0.5, 0.6) is 0 Å². The van der Waals surface area contributed by atoms with Gasteiger partial charge in [-0.3, -0.25) is 9.97 Å². The third kappa shape index (κ3) is 10.8. The van der Waals surface area contributed by atoms with Gasteiger partial charge in [0, 0.05) is 36.8 Å². The summed E-state index contributed by atoms with van der Waals surface area (Å²) in [6.07, 6.45) is 2.82. The zero-order chi connectivity index (χ0) is 13.4. The van der Waals surface area contributed by atoms with Gasteiger partial charge in [-0.1, -0.05) is 34.4 Å². The number of pyridine rings is 2. The predicted molar refractivity (Wildman–Crippen MR) is 83.1 cm³/mol. The average molecular weight is 414 g/mol. The van der Waals surface area contributed by atoms with Gasteiger partial charge in [0.05, 0.1) is 23.3 Å². The number of hydrogen-bond donors (Lipinski definition) is 0. The molecule has 121 valence electrons. The van der Waals surface area contributed by atoms with E-state index >= 15 is 0 Å². The van der Waals surface area contributed by atoms with Crippen molar-refractivity contribution in [3.8, 4) is 0 Å². The first-order chi connectivity index (χ1) is 8.61. The smallest absolute Gasteiger partial charge is 0.0899 e. The number of hydrogen-bond acceptors (Lipinski definition) is 6. The molecule has 2 aromatic heterocycles. The van der Waals surface area contributed by atoms with Crippen molar-refractivity contribution in [2.75, 3.05) is 0 Å². The minimum atomic E-state index is -1.24. The summed E-state index contributed by atoms with van der Waals surface area (Å²) in [6.45, 7) is 0. The van der Waals surface area contributed by atoms with E-state index in [0.29, 0.717) is 0 Å². The molecule has 0 unspecified atom stereocenters. The van der Waals surface area contributed by atoms with Gasteiger partial charge in [0.2, 0.25) is 0 Å². The number of rotatable bonds is 2. The van der Waals surface area contributed by atoms with Crippen LogP contribution < -0.4 is 10.2 Å². The molecule has 0 bridgehead atoms. The number of aromatic carboxylic acids is 2. The van der Waals surface area contributed by atoms with Crippen LogP contribution in [0.25, 0.3) is 0 Å². The molecule has 0 saturated heterocycles. The normalized spacial score (nSPS) is 7.27. The van der Waals surface area contributed by atoms with E-state index in [9.17, 15) is 19.8 Å². The first kappa shape index (κ1) is 28.3. The third-order valence-corrected chi connectivity index (χ3v) is 1.75. The molecule has 0 saturated carbocycles. The van der Waals surface area contributed by atoms with E-state index in [0.717, 1.165) is 0 Å². The van der Waals surface area contributed by atoms with Crippen LogP contribution in [-0.2, 0) is 0 Å². The molecule has 2 heterocycles. The first-order valence-electron chi connectivity index (χ1n) is 4.86. The molecule has 2 rings (SSSR count). The van der Waals surface area contributed by atoms with E-state index in [-0.39, 0.29) is 58.1 Å². The standard InChI is InChI=1S/2C6H5NO2.3CH4.Sb/c2*8-6(9)5-3-1-2-4-7-5;;;;/h2*1-4H,(H,8,9);3*1H4;/p-2. The maximum absolute atomic E-state index is 10.0. The maximum Gasteiger partial charge on any atom is 0.0899 e. The van der Waals surface area contributed by atoms with Crippen LogP contribution in [0.1, 0.15) is 43.3 Å². The molecule has 6 nitrogen and oxygen atoms in total. The second kappa shape index (κ2) is 15.4. The summed E-state index contributed by atoms with van der Waals surface area (Å²) in [4.78, 5) is 27.1. The van der Waals surface area contributed by atoms with Gasteiger partial charge in [-0.2, -0.15) is 0 Å². The van der Waals surface area contributed by atoms with Crippen molar-refractivity contribution < 1.29 is 19.8 Å². The van der Waals surface area contributed by atoms with Crippen LogP contribution in [0, 0.1) is 0 Å². The van der Waals surface area contributed by atoms with Crippen molar-refractivity contribution in [2.45, 2.75) is 22.3 Å².